The predicted molar refractivity (Wildman–Crippen MR) is 577 cm³/mol. The molecule has 8 aromatic carbocycles. The first-order valence-corrected chi connectivity index (χ1v) is 47.9. The van der Waals surface area contributed by atoms with E-state index in [0.29, 0.717) is 197 Å². The van der Waals surface area contributed by atoms with E-state index in [1.54, 1.807) is 157 Å². The van der Waals surface area contributed by atoms with Crippen LogP contribution in [0.3, 0.4) is 0 Å². The Labute approximate surface area is 871 Å². The van der Waals surface area contributed by atoms with Crippen molar-refractivity contribution in [1.82, 2.24) is 59.5 Å². The third-order valence-corrected chi connectivity index (χ3v) is 24.1. The van der Waals surface area contributed by atoms with E-state index in [4.69, 9.17) is 61.5 Å². The molecule has 16 rings (SSSR count). The zero-order valence-corrected chi connectivity index (χ0v) is 85.1. The number of nitrogens with zero attached hydrogens (tertiary/aromatic N) is 16. The molecule has 12 aromatic rings. The van der Waals surface area contributed by atoms with E-state index in [0.717, 1.165) is 73.1 Å². The first kappa shape index (κ1) is 108. The summed E-state index contributed by atoms with van der Waals surface area (Å²) in [4.78, 5) is 144. The molecule has 774 valence electrons. The molecule has 0 spiro atoms. The molecule has 4 aromatic heterocycles. The number of hydrogen-bond acceptors (Lipinski definition) is 33. The van der Waals surface area contributed by atoms with Gasteiger partial charge in [0.1, 0.15) is 56.9 Å². The molecule has 0 aliphatic carbocycles. The Kier molecular flexibility index (Phi) is 38.3. The molecule has 0 radical (unpaired) electrons. The van der Waals surface area contributed by atoms with Gasteiger partial charge in [0.2, 0.25) is 88.7 Å². The average Bonchev–Trinajstić information content (AvgIpc) is 0.820. The van der Waals surface area contributed by atoms with E-state index in [1.165, 1.54) is 36.7 Å². The number of aliphatic hydroxyl groups excluding tert-OH is 1. The van der Waals surface area contributed by atoms with Gasteiger partial charge in [-0.3, -0.25) is 38.4 Å². The van der Waals surface area contributed by atoms with Gasteiger partial charge >= 0.3 is 0 Å². The number of nitrogens with one attached hydrogen (secondary N) is 9. The summed E-state index contributed by atoms with van der Waals surface area (Å²) in [5.41, 5.74) is 11.2. The minimum atomic E-state index is -0.470. The standard InChI is InChI=1S/C27H30N6O5.C27H30N6O4.C26H28ClN7O3.C26H27ClN6O4/c1-4-24(35)29-19-6-5-7-21(14-19)38-26-18(2)16-28-27(31-26)30-22-9-8-20(15-23(22)37-3)32-10-12-33(13-11-32)25(36)17-34;1-5-25(35)29-20-7-6-8-22(15-20)37-26-18(2)17-28-27(31-26)30-23-10-9-21(16-24(23)36-4)33-13-11-32(12-14-33)19(3)34;1-4-24(36)29-18-6-5-7-19(14-18)30-25-21(27)16-28-26(32-25)31-22-9-8-20(15-23(22)37-3)34-12-10-33(11-13-34)17(2)35;1-4-24(35)29-18-6-5-7-20(14-18)37-25-21(27)16-28-26(31-25)30-22-9-8-19(15-23(22)36-3)33-12-10-32(11-13-33)17(2)34/h4-9,14-16,34H,1,10-13,17H2,2-3H3,(H,29,35)(H,28,30,31);5-10,15-17H,1,11-14H2,2-4H3,(H,29,35)(H,28,30,31);4-9,14-16H,1,10-13H2,2-3H3,(H,29,36)(H2,28,30,31,32);4-9,14-16H,1,10-13H2,2-3H3,(H,29,35)(H,28,30,31). The Balaban J connectivity index is 0.000000166. The maximum absolute atomic E-state index is 11.7. The number of piperazine rings is 4. The molecule has 41 nitrogen and oxygen atoms in total. The lowest BCUT2D eigenvalue weighted by Gasteiger charge is -2.36. The van der Waals surface area contributed by atoms with Crippen LogP contribution in [0.4, 0.5) is 104 Å². The van der Waals surface area contributed by atoms with E-state index in [2.05, 4.69) is 134 Å². The first-order valence-electron chi connectivity index (χ1n) is 47.1. The number of ether oxygens (including phenoxy) is 7. The van der Waals surface area contributed by atoms with Crippen molar-refractivity contribution in [1.29, 1.82) is 0 Å². The number of aryl methyl sites for hydroxylation is 2. The minimum absolute atomic E-state index is 0.0928. The van der Waals surface area contributed by atoms with E-state index < -0.39 is 6.61 Å². The number of aromatic nitrogens is 8. The molecule has 149 heavy (non-hydrogen) atoms. The highest BCUT2D eigenvalue weighted by Crippen LogP contribution is 2.41. The second kappa shape index (κ2) is 52.6. The number of amides is 8. The molecule has 8 amide bonds. The molecular formula is C106H115Cl2N25O16. The Morgan fingerprint density at radius 3 is 0.919 bits per heavy atom. The zero-order chi connectivity index (χ0) is 106. The molecule has 4 fully saturated rings. The predicted octanol–water partition coefficient (Wildman–Crippen LogP) is 16.1. The van der Waals surface area contributed by atoms with Gasteiger partial charge in [-0.15, -0.1) is 0 Å². The van der Waals surface area contributed by atoms with Crippen LogP contribution in [0, 0.1) is 13.8 Å². The first-order chi connectivity index (χ1) is 72.0. The quantitative estimate of drug-likeness (QED) is 0.0171. The fraction of sp³-hybridized carbons (Fsp3) is 0.245. The number of halogens is 2. The number of methoxy groups -OCH3 is 4. The second-order valence-corrected chi connectivity index (χ2v) is 34.3. The molecule has 0 saturated carbocycles. The molecule has 4 aliphatic rings. The monoisotopic (exact) mass is 2060 g/mol. The maximum atomic E-state index is 11.7. The number of benzene rings is 8. The van der Waals surface area contributed by atoms with Gasteiger partial charge in [-0.2, -0.15) is 19.9 Å². The fourth-order valence-corrected chi connectivity index (χ4v) is 15.8. The Bertz CT molecular complexity index is 6380. The average molecular weight is 2070 g/mol. The van der Waals surface area contributed by atoms with Crippen LogP contribution >= 0.6 is 23.2 Å². The Hall–Kier alpha value is -17.9. The van der Waals surface area contributed by atoms with Crippen molar-refractivity contribution in [3.63, 3.8) is 0 Å². The Morgan fingerprint density at radius 2 is 0.611 bits per heavy atom. The number of rotatable bonds is 33. The number of carbonyl (C=O) groups is 8. The Morgan fingerprint density at radius 1 is 0.336 bits per heavy atom. The molecule has 0 atom stereocenters. The van der Waals surface area contributed by atoms with Crippen LogP contribution in [0.15, 0.2) is 245 Å². The highest BCUT2D eigenvalue weighted by atomic mass is 35.5. The summed E-state index contributed by atoms with van der Waals surface area (Å²) < 4.78 is 40.3. The van der Waals surface area contributed by atoms with Gasteiger partial charge in [0.05, 0.1) is 63.6 Å². The van der Waals surface area contributed by atoms with Crippen molar-refractivity contribution < 1.29 is 76.6 Å². The number of anilines is 18. The summed E-state index contributed by atoms with van der Waals surface area (Å²) in [7, 11) is 6.39. The van der Waals surface area contributed by atoms with E-state index >= 15 is 0 Å². The summed E-state index contributed by atoms with van der Waals surface area (Å²) in [5.74, 6) is 5.25. The molecule has 0 unspecified atom stereocenters. The fourth-order valence-electron chi connectivity index (χ4n) is 15.6. The highest BCUT2D eigenvalue weighted by molar-refractivity contribution is 6.33. The summed E-state index contributed by atoms with van der Waals surface area (Å²) in [5, 5.41) is 36.3. The SMILES string of the molecule is C=CC(=O)Nc1cccc(Nc2nc(Nc3ccc(N4CCN(C(C)=O)CC4)cc3OC)ncc2Cl)c1.C=CC(=O)Nc1cccc(Oc2nc(Nc3ccc(N4CCN(C(=O)CO)CC4)cc3OC)ncc2C)c1.C=CC(=O)Nc1cccc(Oc2nc(Nc3ccc(N4CCN(C(C)=O)CC4)cc3OC)ncc2C)c1.C=CC(=O)Nc1cccc(Oc2nc(Nc3ccc(N4CCN(C(C)=O)CC4)cc3OC)ncc2Cl)c1. The molecule has 0 bridgehead atoms. The maximum Gasteiger partial charge on any atom is 0.248 e. The van der Waals surface area contributed by atoms with Crippen molar-refractivity contribution in [2.45, 2.75) is 34.6 Å². The molecular weight excluding hydrogens is 1950 g/mol. The van der Waals surface area contributed by atoms with Crippen LogP contribution < -0.4 is 101 Å². The van der Waals surface area contributed by atoms with Gasteiger partial charge < -0.3 is 125 Å². The van der Waals surface area contributed by atoms with Crippen LogP contribution in [0.25, 0.3) is 0 Å². The molecule has 4 saturated heterocycles. The topological polar surface area (TPSA) is 459 Å². The summed E-state index contributed by atoms with van der Waals surface area (Å²) in [6.45, 7) is 32.9. The van der Waals surface area contributed by atoms with Gasteiger partial charge in [-0.05, 0) is 141 Å². The van der Waals surface area contributed by atoms with Crippen molar-refractivity contribution in [2.75, 3.05) is 207 Å². The summed E-state index contributed by atoms with van der Waals surface area (Å²) in [6, 6.07) is 51.2. The van der Waals surface area contributed by atoms with Gasteiger partial charge in [0, 0.05) is 243 Å². The third kappa shape index (κ3) is 30.6. The zero-order valence-electron chi connectivity index (χ0n) is 83.6. The number of hydrogen-bond donors (Lipinski definition) is 10. The van der Waals surface area contributed by atoms with Crippen LogP contribution in [0.1, 0.15) is 31.9 Å². The molecule has 10 N–H and O–H groups in total. The summed E-state index contributed by atoms with van der Waals surface area (Å²) in [6.07, 6.45) is 11.0. The lowest BCUT2D eigenvalue weighted by atomic mass is 10.2. The minimum Gasteiger partial charge on any atom is -0.494 e. The van der Waals surface area contributed by atoms with E-state index in [9.17, 15) is 38.4 Å². The molecule has 43 heteroatoms. The smallest absolute Gasteiger partial charge is 0.248 e. The second-order valence-electron chi connectivity index (χ2n) is 33.5. The van der Waals surface area contributed by atoms with E-state index in [-0.39, 0.29) is 64.1 Å². The van der Waals surface area contributed by atoms with Crippen molar-refractivity contribution in [2.24, 2.45) is 0 Å². The van der Waals surface area contributed by atoms with Crippen molar-refractivity contribution in [3.8, 4) is 57.9 Å². The van der Waals surface area contributed by atoms with Crippen LogP contribution in [0.2, 0.25) is 10.0 Å². The lowest BCUT2D eigenvalue weighted by Crippen LogP contribution is -2.49. The van der Waals surface area contributed by atoms with Gasteiger partial charge in [-0.1, -0.05) is 73.8 Å². The largest absolute Gasteiger partial charge is 0.494 e. The lowest BCUT2D eigenvalue weighted by molar-refractivity contribution is -0.134. The normalized spacial score (nSPS) is 13.0. The third-order valence-electron chi connectivity index (χ3n) is 23.5. The molecule has 4 aliphatic heterocycles. The van der Waals surface area contributed by atoms with Gasteiger partial charge in [0.15, 0.2) is 5.82 Å². The van der Waals surface area contributed by atoms with Gasteiger partial charge in [0.25, 0.3) is 0 Å². The number of aliphatic hydroxyl groups is 1. The van der Waals surface area contributed by atoms with Gasteiger partial charge in [-0.25, -0.2) is 19.9 Å². The molecule has 8 heterocycles. The van der Waals surface area contributed by atoms with Crippen molar-refractivity contribution in [3.05, 3.63) is 266 Å². The van der Waals surface area contributed by atoms with E-state index in [1.807, 2.05) is 107 Å². The summed E-state index contributed by atoms with van der Waals surface area (Å²) >= 11 is 12.6. The van der Waals surface area contributed by atoms with Crippen LogP contribution in [0.5, 0.6) is 57.9 Å². The van der Waals surface area contributed by atoms with Crippen LogP contribution in [-0.4, -0.2) is 252 Å². The number of carbonyl (C=O) groups excluding carboxylic acids is 8. The van der Waals surface area contributed by atoms with Crippen LogP contribution in [-0.2, 0) is 38.4 Å². The highest BCUT2D eigenvalue weighted by Gasteiger charge is 2.28. The van der Waals surface area contributed by atoms with Crippen molar-refractivity contribution >= 4 is 174 Å².